The van der Waals surface area contributed by atoms with Crippen molar-refractivity contribution in [2.75, 3.05) is 7.18 Å². The normalized spacial score (nSPS) is 8.25. The highest BCUT2D eigenvalue weighted by Crippen LogP contribution is 2.29. The molecule has 0 aliphatic heterocycles. The fourth-order valence-electron chi connectivity index (χ4n) is 1.06. The molecule has 5 heteroatoms. The van der Waals surface area contributed by atoms with E-state index in [1.807, 2.05) is 47.6 Å². The second kappa shape index (κ2) is 26.0. The van der Waals surface area contributed by atoms with Crippen molar-refractivity contribution in [3.8, 4) is 0 Å². The molecule has 0 radical (unpaired) electrons. The van der Waals surface area contributed by atoms with E-state index < -0.39 is 4.92 Å². The highest BCUT2D eigenvalue weighted by molar-refractivity contribution is 8.03. The lowest BCUT2D eigenvalue weighted by Gasteiger charge is -2.01. The number of rotatable bonds is 5. The highest BCUT2D eigenvalue weighted by atomic mass is 32.2. The summed E-state index contributed by atoms with van der Waals surface area (Å²) in [4.78, 5) is 11.9. The van der Waals surface area contributed by atoms with Gasteiger partial charge < -0.3 is 0 Å². The van der Waals surface area contributed by atoms with Crippen LogP contribution >= 0.6 is 11.8 Å². The second-order valence-corrected chi connectivity index (χ2v) is 4.01. The molecular formula is C19H32FNO2S. The van der Waals surface area contributed by atoms with Gasteiger partial charge in [-0.1, -0.05) is 84.7 Å². The van der Waals surface area contributed by atoms with Gasteiger partial charge in [0.15, 0.2) is 0 Å². The van der Waals surface area contributed by atoms with E-state index in [4.69, 9.17) is 0 Å². The Morgan fingerprint density at radius 3 is 2.00 bits per heavy atom. The van der Waals surface area contributed by atoms with Crippen LogP contribution in [0.4, 0.5) is 10.1 Å². The Labute approximate surface area is 151 Å². The van der Waals surface area contributed by atoms with E-state index >= 15 is 0 Å². The highest BCUT2D eigenvalue weighted by Gasteiger charge is 2.06. The summed E-state index contributed by atoms with van der Waals surface area (Å²) in [6.07, 6.45) is 5.14. The van der Waals surface area contributed by atoms with Gasteiger partial charge in [-0.25, -0.2) is 0 Å². The van der Waals surface area contributed by atoms with E-state index in [2.05, 4.69) is 13.2 Å². The average Bonchev–Trinajstić information content (AvgIpc) is 2.68. The minimum absolute atomic E-state index is 0.0898. The summed E-state index contributed by atoms with van der Waals surface area (Å²) in [7, 11) is 0.500. The number of benzene rings is 1. The molecule has 138 valence electrons. The molecule has 0 aliphatic carbocycles. The Bertz CT molecular complexity index is 460. The molecule has 0 aromatic heterocycles. The molecule has 1 rings (SSSR count). The van der Waals surface area contributed by atoms with Crippen molar-refractivity contribution in [1.29, 1.82) is 0 Å². The van der Waals surface area contributed by atoms with Crippen molar-refractivity contribution in [2.45, 2.75) is 46.4 Å². The van der Waals surface area contributed by atoms with Crippen LogP contribution in [0.25, 0.3) is 0 Å². The lowest BCUT2D eigenvalue weighted by Crippen LogP contribution is -1.87. The van der Waals surface area contributed by atoms with Crippen molar-refractivity contribution in [1.82, 2.24) is 0 Å². The third kappa shape index (κ3) is 16.5. The Balaban J connectivity index is -0.000000218. The summed E-state index contributed by atoms with van der Waals surface area (Å²) in [5, 5.41) is 10.6. The van der Waals surface area contributed by atoms with Gasteiger partial charge >= 0.3 is 0 Å². The third-order valence-electron chi connectivity index (χ3n) is 1.75. The Morgan fingerprint density at radius 1 is 1.12 bits per heavy atom. The molecule has 0 amide bonds. The zero-order chi connectivity index (χ0) is 20.0. The first-order valence-electron chi connectivity index (χ1n) is 7.92. The van der Waals surface area contributed by atoms with Gasteiger partial charge in [-0.2, -0.15) is 0 Å². The Morgan fingerprint density at radius 2 is 1.62 bits per heavy atom. The summed E-state index contributed by atoms with van der Waals surface area (Å²) in [5.41, 5.74) is 0.0898. The molecule has 0 saturated carbocycles. The van der Waals surface area contributed by atoms with Gasteiger partial charge in [0.1, 0.15) is 0 Å². The van der Waals surface area contributed by atoms with Gasteiger partial charge in [-0.3, -0.25) is 14.5 Å². The summed E-state index contributed by atoms with van der Waals surface area (Å²) in [6, 6.07) is 6.48. The molecule has 0 aliphatic rings. The molecule has 0 fully saturated rings. The van der Waals surface area contributed by atoms with Crippen LogP contribution in [0.5, 0.6) is 0 Å². The average molecular weight is 358 g/mol. The fourth-order valence-corrected chi connectivity index (χ4v) is 1.90. The molecule has 0 heterocycles. The van der Waals surface area contributed by atoms with Crippen molar-refractivity contribution >= 4 is 17.4 Å². The van der Waals surface area contributed by atoms with Crippen molar-refractivity contribution in [3.63, 3.8) is 0 Å². The van der Waals surface area contributed by atoms with Gasteiger partial charge in [-0.15, -0.1) is 0 Å². The maximum atomic E-state index is 10.6. The van der Waals surface area contributed by atoms with Crippen LogP contribution in [0.1, 0.15) is 41.5 Å². The molecule has 24 heavy (non-hydrogen) atoms. The van der Waals surface area contributed by atoms with Gasteiger partial charge in [0.25, 0.3) is 5.69 Å². The van der Waals surface area contributed by atoms with Crippen LogP contribution in [0.3, 0.4) is 0 Å². The van der Waals surface area contributed by atoms with Crippen LogP contribution in [-0.4, -0.2) is 12.1 Å². The first kappa shape index (κ1) is 30.1. The van der Waals surface area contributed by atoms with E-state index in [0.29, 0.717) is 7.18 Å². The number of hydrogen-bond acceptors (Lipinski definition) is 3. The lowest BCUT2D eigenvalue weighted by molar-refractivity contribution is -0.385. The number of nitro groups is 1. The molecular weight excluding hydrogens is 325 g/mol. The number of thioether (sulfide) groups is 1. The van der Waals surface area contributed by atoms with E-state index in [0.717, 1.165) is 9.80 Å². The minimum atomic E-state index is -0.408. The largest absolute Gasteiger partial charge is 0.270 e. The zero-order valence-electron chi connectivity index (χ0n) is 16.0. The quantitative estimate of drug-likeness (QED) is 0.236. The molecule has 0 saturated heterocycles. The maximum absolute atomic E-state index is 10.6. The molecule has 3 nitrogen and oxygen atoms in total. The van der Waals surface area contributed by atoms with Crippen molar-refractivity contribution in [2.24, 2.45) is 0 Å². The molecule has 0 spiro atoms. The zero-order valence-corrected chi connectivity index (χ0v) is 16.8. The van der Waals surface area contributed by atoms with Gasteiger partial charge in [0.05, 0.1) is 12.1 Å². The van der Waals surface area contributed by atoms with Gasteiger partial charge in [0.2, 0.25) is 0 Å². The number of alkyl halides is 1. The Hall–Kier alpha value is -1.88. The maximum Gasteiger partial charge on any atom is 0.270 e. The number of hydrogen-bond donors (Lipinski definition) is 0. The molecule has 0 bridgehead atoms. The van der Waals surface area contributed by atoms with Crippen molar-refractivity contribution < 1.29 is 9.31 Å². The van der Waals surface area contributed by atoms with Gasteiger partial charge in [0, 0.05) is 21.9 Å². The van der Waals surface area contributed by atoms with E-state index in [-0.39, 0.29) is 5.69 Å². The number of non-ortho nitro benzene ring substituents is 1. The minimum Gasteiger partial charge on any atom is -0.258 e. The monoisotopic (exact) mass is 357 g/mol. The second-order valence-electron chi connectivity index (χ2n) is 2.87. The third-order valence-corrected chi connectivity index (χ3v) is 2.78. The lowest BCUT2D eigenvalue weighted by atomic mass is 10.3. The fraction of sp³-hybridized carbons (Fsp3) is 0.368. The van der Waals surface area contributed by atoms with E-state index in [9.17, 15) is 14.5 Å². The van der Waals surface area contributed by atoms with Gasteiger partial charge in [-0.05, 0) is 12.1 Å². The van der Waals surface area contributed by atoms with Crippen LogP contribution in [0.15, 0.2) is 65.5 Å². The first-order valence-corrected chi connectivity index (χ1v) is 8.74. The predicted molar refractivity (Wildman–Crippen MR) is 109 cm³/mol. The first-order chi connectivity index (χ1) is 11.7. The van der Waals surface area contributed by atoms with E-state index in [1.54, 1.807) is 24.3 Å². The summed E-state index contributed by atoms with van der Waals surface area (Å²) in [6.45, 7) is 19.3. The molecule has 1 aromatic carbocycles. The smallest absolute Gasteiger partial charge is 0.258 e. The summed E-state index contributed by atoms with van der Waals surface area (Å²) < 4.78 is 9.50. The topological polar surface area (TPSA) is 43.1 Å². The van der Waals surface area contributed by atoms with E-state index in [1.165, 1.54) is 23.9 Å². The van der Waals surface area contributed by atoms with Crippen LogP contribution < -0.4 is 0 Å². The number of halogens is 1. The van der Waals surface area contributed by atoms with Crippen LogP contribution in [0, 0.1) is 10.1 Å². The molecule has 0 atom stereocenters. The van der Waals surface area contributed by atoms with Crippen LogP contribution in [0.2, 0.25) is 0 Å². The standard InChI is InChI=1S/C12H11NO2S.3C2H6.CH3F/c1-3-6-11(4-2)16-12-8-5-7-10(9-12)13(14)15;4*1-2/h3-9H,1-2H2;3*1-2H3;1H3/b11-6+;;;;. The summed E-state index contributed by atoms with van der Waals surface area (Å²) in [5.74, 6) is 0. The van der Waals surface area contributed by atoms with Crippen molar-refractivity contribution in [3.05, 3.63) is 70.7 Å². The Kier molecular flexibility index (Phi) is 32.6. The van der Waals surface area contributed by atoms with Crippen LogP contribution in [-0.2, 0) is 0 Å². The SMILES string of the molecule is C=C/C=C(\C=C)Sc1cccc([N+](=O)[O-])c1.CC.CC.CC.CF. The number of nitrogens with zero attached hydrogens (tertiary/aromatic N) is 1. The number of allylic oxidation sites excluding steroid dienone is 3. The summed E-state index contributed by atoms with van der Waals surface area (Å²) >= 11 is 1.41. The molecule has 0 unspecified atom stereocenters. The number of nitro benzene ring substituents is 1. The molecule has 0 N–H and O–H groups in total. The predicted octanol–water partition coefficient (Wildman–Crippen LogP) is 7.61. The molecule has 1 aromatic rings.